The van der Waals surface area contributed by atoms with Gasteiger partial charge in [-0.2, -0.15) is 0 Å². The van der Waals surface area contributed by atoms with Crippen LogP contribution in [-0.2, 0) is 20.9 Å². The van der Waals surface area contributed by atoms with Gasteiger partial charge < -0.3 is 5.11 Å². The van der Waals surface area contributed by atoms with Crippen LogP contribution in [0.5, 0.6) is 0 Å². The van der Waals surface area contributed by atoms with Crippen molar-refractivity contribution >= 4 is 23.9 Å². The summed E-state index contributed by atoms with van der Waals surface area (Å²) >= 11 is 0. The number of aliphatic carboxylic acids is 1. The summed E-state index contributed by atoms with van der Waals surface area (Å²) in [6.45, 7) is 1.75. The van der Waals surface area contributed by atoms with Crippen LogP contribution < -0.4 is 0 Å². The molecule has 1 aromatic carbocycles. The van der Waals surface area contributed by atoms with Crippen molar-refractivity contribution in [3.8, 4) is 0 Å². The fraction of sp³-hybridized carbons (Fsp3) is 0.267. The lowest BCUT2D eigenvalue weighted by atomic mass is 10.1. The van der Waals surface area contributed by atoms with Gasteiger partial charge in [-0.15, -0.1) is 0 Å². The van der Waals surface area contributed by atoms with Crippen LogP contribution in [0, 0.1) is 11.7 Å². The van der Waals surface area contributed by atoms with Gasteiger partial charge in [0.2, 0.25) is 11.8 Å². The monoisotopic (exact) mass is 291 g/mol. The lowest BCUT2D eigenvalue weighted by Gasteiger charge is -2.14. The summed E-state index contributed by atoms with van der Waals surface area (Å²) < 4.78 is 13.6. The third-order valence-corrected chi connectivity index (χ3v) is 3.28. The van der Waals surface area contributed by atoms with E-state index in [1.807, 2.05) is 0 Å². The van der Waals surface area contributed by atoms with E-state index in [-0.39, 0.29) is 36.3 Å². The number of amides is 2. The van der Waals surface area contributed by atoms with E-state index < -0.39 is 11.8 Å². The van der Waals surface area contributed by atoms with Gasteiger partial charge in [-0.3, -0.25) is 14.5 Å². The number of nitrogens with zero attached hydrogens (tertiary/aromatic N) is 1. The molecule has 1 atom stereocenters. The van der Waals surface area contributed by atoms with Crippen LogP contribution in [0.15, 0.2) is 24.3 Å². The van der Waals surface area contributed by atoms with Crippen molar-refractivity contribution in [1.82, 2.24) is 4.90 Å². The zero-order valence-electron chi connectivity index (χ0n) is 11.4. The Bertz CT molecular complexity index is 639. The lowest BCUT2D eigenvalue weighted by Crippen LogP contribution is -2.29. The van der Waals surface area contributed by atoms with Crippen LogP contribution in [0.1, 0.15) is 24.5 Å². The Hall–Kier alpha value is -2.50. The van der Waals surface area contributed by atoms with Crippen LogP contribution in [-0.4, -0.2) is 27.8 Å². The van der Waals surface area contributed by atoms with E-state index in [0.717, 1.165) is 17.1 Å². The summed E-state index contributed by atoms with van der Waals surface area (Å²) in [7, 11) is 0. The Balaban J connectivity index is 2.22. The standard InChI is InChI=1S/C15H14FNO4/c1-9-6-13(18)17(15(9)21)8-10-2-4-12(16)11(7-10)3-5-14(19)20/h2-5,7,9H,6,8H2,1H3,(H,19,20). The molecule has 1 saturated heterocycles. The Kier molecular flexibility index (Phi) is 4.16. The third-order valence-electron chi connectivity index (χ3n) is 3.28. The van der Waals surface area contributed by atoms with E-state index in [1.165, 1.54) is 18.2 Å². The molecule has 110 valence electrons. The van der Waals surface area contributed by atoms with Crippen LogP contribution in [0.4, 0.5) is 4.39 Å². The lowest BCUT2D eigenvalue weighted by molar-refractivity contribution is -0.140. The maximum Gasteiger partial charge on any atom is 0.328 e. The van der Waals surface area contributed by atoms with Crippen molar-refractivity contribution in [1.29, 1.82) is 0 Å². The van der Waals surface area contributed by atoms with Crippen LogP contribution in [0.2, 0.25) is 0 Å². The topological polar surface area (TPSA) is 74.7 Å². The third kappa shape index (κ3) is 3.34. The minimum Gasteiger partial charge on any atom is -0.478 e. The molecule has 1 aromatic rings. The number of hydrogen-bond acceptors (Lipinski definition) is 3. The second kappa shape index (κ2) is 5.87. The minimum absolute atomic E-state index is 0.0657. The van der Waals surface area contributed by atoms with Crippen LogP contribution in [0.25, 0.3) is 6.08 Å². The molecule has 1 aliphatic rings. The first-order chi connectivity index (χ1) is 9.88. The molecule has 1 N–H and O–H groups in total. The molecule has 1 unspecified atom stereocenters. The highest BCUT2D eigenvalue weighted by Gasteiger charge is 2.35. The highest BCUT2D eigenvalue weighted by atomic mass is 19.1. The number of carboxylic acids is 1. The zero-order valence-corrected chi connectivity index (χ0v) is 11.4. The number of benzene rings is 1. The van der Waals surface area contributed by atoms with Gasteiger partial charge >= 0.3 is 5.97 Å². The van der Waals surface area contributed by atoms with Crippen molar-refractivity contribution in [2.75, 3.05) is 0 Å². The maximum absolute atomic E-state index is 13.6. The molecule has 6 heteroatoms. The van der Waals surface area contributed by atoms with Gasteiger partial charge in [-0.25, -0.2) is 9.18 Å². The Morgan fingerprint density at radius 2 is 2.19 bits per heavy atom. The highest BCUT2D eigenvalue weighted by Crippen LogP contribution is 2.22. The van der Waals surface area contributed by atoms with Crippen molar-refractivity contribution in [3.63, 3.8) is 0 Å². The van der Waals surface area contributed by atoms with E-state index in [0.29, 0.717) is 5.56 Å². The van der Waals surface area contributed by atoms with Gasteiger partial charge in [0.25, 0.3) is 0 Å². The molecule has 1 heterocycles. The van der Waals surface area contributed by atoms with E-state index in [1.54, 1.807) is 6.92 Å². The minimum atomic E-state index is -1.18. The quantitative estimate of drug-likeness (QED) is 0.678. The largest absolute Gasteiger partial charge is 0.478 e. The molecule has 1 aliphatic heterocycles. The zero-order chi connectivity index (χ0) is 15.6. The van der Waals surface area contributed by atoms with Crippen molar-refractivity contribution in [2.24, 2.45) is 5.92 Å². The van der Waals surface area contributed by atoms with Crippen LogP contribution in [0.3, 0.4) is 0 Å². The van der Waals surface area contributed by atoms with Crippen LogP contribution >= 0.6 is 0 Å². The first-order valence-electron chi connectivity index (χ1n) is 6.42. The van der Waals surface area contributed by atoms with E-state index in [2.05, 4.69) is 0 Å². The number of imide groups is 1. The number of likely N-dealkylation sites (tertiary alicyclic amines) is 1. The number of rotatable bonds is 4. The predicted molar refractivity (Wildman–Crippen MR) is 72.4 cm³/mol. The number of carboxylic acid groups (broad SMARTS) is 1. The van der Waals surface area contributed by atoms with Crippen molar-refractivity contribution in [2.45, 2.75) is 19.9 Å². The average Bonchev–Trinajstić information content (AvgIpc) is 2.65. The molecule has 5 nitrogen and oxygen atoms in total. The highest BCUT2D eigenvalue weighted by molar-refractivity contribution is 6.03. The summed E-state index contributed by atoms with van der Waals surface area (Å²) in [5.41, 5.74) is 0.666. The van der Waals surface area contributed by atoms with Gasteiger partial charge in [0, 0.05) is 24.0 Å². The van der Waals surface area contributed by atoms with Gasteiger partial charge in [0.05, 0.1) is 6.54 Å². The number of carbonyl (C=O) groups is 3. The van der Waals surface area contributed by atoms with Gasteiger partial charge in [0.1, 0.15) is 5.82 Å². The van der Waals surface area contributed by atoms with Gasteiger partial charge in [-0.1, -0.05) is 13.0 Å². The molecule has 0 aromatic heterocycles. The first-order valence-corrected chi connectivity index (χ1v) is 6.42. The summed E-state index contributed by atoms with van der Waals surface area (Å²) in [5, 5.41) is 8.56. The van der Waals surface area contributed by atoms with Crippen molar-refractivity contribution in [3.05, 3.63) is 41.2 Å². The molecule has 0 spiro atoms. The average molecular weight is 291 g/mol. The van der Waals surface area contributed by atoms with E-state index in [4.69, 9.17) is 5.11 Å². The number of halogens is 1. The Morgan fingerprint density at radius 3 is 2.76 bits per heavy atom. The maximum atomic E-state index is 13.6. The molecule has 0 radical (unpaired) electrons. The molecule has 1 fully saturated rings. The molecule has 0 aliphatic carbocycles. The second-order valence-corrected chi connectivity index (χ2v) is 4.95. The summed E-state index contributed by atoms with van der Waals surface area (Å²) in [6.07, 6.45) is 2.15. The van der Waals surface area contributed by atoms with Gasteiger partial charge in [0.15, 0.2) is 0 Å². The fourth-order valence-electron chi connectivity index (χ4n) is 2.18. The first kappa shape index (κ1) is 14.9. The molecule has 0 saturated carbocycles. The molecule has 2 rings (SSSR count). The summed E-state index contributed by atoms with van der Waals surface area (Å²) in [5.74, 6) is -2.57. The molecular formula is C15H14FNO4. The summed E-state index contributed by atoms with van der Waals surface area (Å²) in [6, 6.07) is 4.08. The molecular weight excluding hydrogens is 277 g/mol. The molecule has 21 heavy (non-hydrogen) atoms. The summed E-state index contributed by atoms with van der Waals surface area (Å²) in [4.78, 5) is 35.1. The predicted octanol–water partition coefficient (Wildman–Crippen LogP) is 1.82. The SMILES string of the molecule is CC1CC(=O)N(Cc2ccc(F)c(C=CC(=O)O)c2)C1=O. The molecule has 2 amide bonds. The van der Waals surface area contributed by atoms with E-state index >= 15 is 0 Å². The molecule has 0 bridgehead atoms. The second-order valence-electron chi connectivity index (χ2n) is 4.95. The number of hydrogen-bond donors (Lipinski definition) is 1. The van der Waals surface area contributed by atoms with E-state index in [9.17, 15) is 18.8 Å². The smallest absolute Gasteiger partial charge is 0.328 e. The van der Waals surface area contributed by atoms with Crippen molar-refractivity contribution < 1.29 is 23.9 Å². The van der Waals surface area contributed by atoms with Gasteiger partial charge in [-0.05, 0) is 23.8 Å². The normalized spacial score (nSPS) is 18.8. The Labute approximate surface area is 120 Å². The Morgan fingerprint density at radius 1 is 1.48 bits per heavy atom. The number of carbonyl (C=O) groups excluding carboxylic acids is 2. The fourth-order valence-corrected chi connectivity index (χ4v) is 2.18.